The van der Waals surface area contributed by atoms with Crippen LogP contribution in [0.2, 0.25) is 0 Å². The quantitative estimate of drug-likeness (QED) is 0.493. The molecule has 0 radical (unpaired) electrons. The van der Waals surface area contributed by atoms with Crippen LogP contribution in [0.4, 0.5) is 0 Å². The maximum atomic E-state index is 5.34. The highest BCUT2D eigenvalue weighted by atomic mass is 14.3. The Bertz CT molecular complexity index is 114. The molecular weight excluding hydrogens is 108 g/mol. The Balaban J connectivity index is 2.30. The van der Waals surface area contributed by atoms with Gasteiger partial charge in [0.15, 0.2) is 0 Å². The molecule has 0 aliphatic heterocycles. The van der Waals surface area contributed by atoms with E-state index in [-0.39, 0.29) is 0 Å². The molecule has 0 saturated heterocycles. The Kier molecular flexibility index (Phi) is 2.16. The van der Waals surface area contributed by atoms with Gasteiger partial charge in [-0.15, -0.1) is 12.3 Å². The molecule has 0 aromatic rings. The van der Waals surface area contributed by atoms with Crippen molar-refractivity contribution in [3.63, 3.8) is 0 Å². The van der Waals surface area contributed by atoms with Crippen molar-refractivity contribution >= 4 is 0 Å². The van der Waals surface area contributed by atoms with Crippen LogP contribution in [-0.2, 0) is 0 Å². The summed E-state index contributed by atoms with van der Waals surface area (Å²) in [5.41, 5.74) is 0. The normalized spacial score (nSPS) is 22.2. The fourth-order valence-electron chi connectivity index (χ4n) is 1.43. The van der Waals surface area contributed by atoms with Crippen molar-refractivity contribution in [2.45, 2.75) is 32.6 Å². The van der Waals surface area contributed by atoms with Crippen molar-refractivity contribution in [1.29, 1.82) is 0 Å². The largest absolute Gasteiger partial charge is 0.120 e. The summed E-state index contributed by atoms with van der Waals surface area (Å²) in [4.78, 5) is 0. The Morgan fingerprint density at radius 3 is 2.44 bits per heavy atom. The van der Waals surface area contributed by atoms with Crippen LogP contribution >= 0.6 is 0 Å². The van der Waals surface area contributed by atoms with Crippen LogP contribution in [0.25, 0.3) is 0 Å². The standard InChI is InChI=1S/C9H14/c1-3-8(4-2)9-6-5-7-9/h1,8-9H,4-7H2,2H3. The number of hydrogen-bond donors (Lipinski definition) is 0. The first-order valence-corrected chi connectivity index (χ1v) is 3.84. The molecule has 1 atom stereocenters. The molecule has 0 aromatic heterocycles. The van der Waals surface area contributed by atoms with E-state index in [1.54, 1.807) is 0 Å². The highest BCUT2D eigenvalue weighted by molar-refractivity contribution is 4.97. The number of terminal acetylenes is 1. The smallest absolute Gasteiger partial charge is 0.0225 e. The first kappa shape index (κ1) is 6.68. The molecule has 0 nitrogen and oxygen atoms in total. The minimum absolute atomic E-state index is 0.582. The second kappa shape index (κ2) is 2.92. The molecule has 0 heterocycles. The lowest BCUT2D eigenvalue weighted by Crippen LogP contribution is -2.19. The minimum atomic E-state index is 0.582. The van der Waals surface area contributed by atoms with Crippen LogP contribution in [-0.4, -0.2) is 0 Å². The van der Waals surface area contributed by atoms with Gasteiger partial charge in [0.2, 0.25) is 0 Å². The average Bonchev–Trinajstić information content (AvgIpc) is 1.78. The Labute approximate surface area is 57.7 Å². The molecule has 9 heavy (non-hydrogen) atoms. The summed E-state index contributed by atoms with van der Waals surface area (Å²) in [6.45, 7) is 2.18. The Morgan fingerprint density at radius 2 is 2.33 bits per heavy atom. The van der Waals surface area contributed by atoms with Gasteiger partial charge in [0.25, 0.3) is 0 Å². The van der Waals surface area contributed by atoms with Gasteiger partial charge >= 0.3 is 0 Å². The maximum absolute atomic E-state index is 5.34. The highest BCUT2D eigenvalue weighted by Crippen LogP contribution is 2.34. The van der Waals surface area contributed by atoms with E-state index in [9.17, 15) is 0 Å². The topological polar surface area (TPSA) is 0 Å². The molecular formula is C9H14. The fourth-order valence-corrected chi connectivity index (χ4v) is 1.43. The van der Waals surface area contributed by atoms with Crippen LogP contribution in [0.5, 0.6) is 0 Å². The van der Waals surface area contributed by atoms with Gasteiger partial charge < -0.3 is 0 Å². The van der Waals surface area contributed by atoms with E-state index in [1.165, 1.54) is 25.7 Å². The van der Waals surface area contributed by atoms with Crippen LogP contribution < -0.4 is 0 Å². The van der Waals surface area contributed by atoms with Gasteiger partial charge in [0.05, 0.1) is 0 Å². The molecule has 50 valence electrons. The van der Waals surface area contributed by atoms with Crippen molar-refractivity contribution in [3.05, 3.63) is 0 Å². The van der Waals surface area contributed by atoms with Crippen LogP contribution in [0, 0.1) is 24.2 Å². The summed E-state index contributed by atoms with van der Waals surface area (Å²) in [7, 11) is 0. The summed E-state index contributed by atoms with van der Waals surface area (Å²) in [5.74, 6) is 4.31. The molecule has 0 amide bonds. The van der Waals surface area contributed by atoms with E-state index in [0.717, 1.165) is 5.92 Å². The number of rotatable bonds is 2. The Hall–Kier alpha value is -0.440. The predicted molar refractivity (Wildman–Crippen MR) is 40.0 cm³/mol. The van der Waals surface area contributed by atoms with Crippen molar-refractivity contribution < 1.29 is 0 Å². The lowest BCUT2D eigenvalue weighted by Gasteiger charge is -2.29. The summed E-state index contributed by atoms with van der Waals surface area (Å²) in [6, 6.07) is 0. The molecule has 0 aromatic carbocycles. The second-order valence-electron chi connectivity index (χ2n) is 2.87. The summed E-state index contributed by atoms with van der Waals surface area (Å²) in [5, 5.41) is 0. The number of hydrogen-bond acceptors (Lipinski definition) is 0. The molecule has 1 aliphatic carbocycles. The van der Waals surface area contributed by atoms with Gasteiger partial charge in [-0.3, -0.25) is 0 Å². The zero-order chi connectivity index (χ0) is 6.69. The first-order chi connectivity index (χ1) is 4.38. The third-order valence-corrected chi connectivity index (χ3v) is 2.37. The summed E-state index contributed by atoms with van der Waals surface area (Å²) >= 11 is 0. The third kappa shape index (κ3) is 1.27. The van der Waals surface area contributed by atoms with E-state index in [2.05, 4.69) is 12.8 Å². The van der Waals surface area contributed by atoms with E-state index in [4.69, 9.17) is 6.42 Å². The van der Waals surface area contributed by atoms with Crippen molar-refractivity contribution in [3.8, 4) is 12.3 Å². The van der Waals surface area contributed by atoms with Crippen LogP contribution in [0.1, 0.15) is 32.6 Å². The van der Waals surface area contributed by atoms with Gasteiger partial charge in [-0.25, -0.2) is 0 Å². The molecule has 1 aliphatic rings. The molecule has 1 saturated carbocycles. The fraction of sp³-hybridized carbons (Fsp3) is 0.778. The second-order valence-corrected chi connectivity index (χ2v) is 2.87. The summed E-state index contributed by atoms with van der Waals surface area (Å²) < 4.78 is 0. The predicted octanol–water partition coefficient (Wildman–Crippen LogP) is 2.45. The maximum Gasteiger partial charge on any atom is 0.0225 e. The van der Waals surface area contributed by atoms with E-state index >= 15 is 0 Å². The van der Waals surface area contributed by atoms with Gasteiger partial charge in [-0.1, -0.05) is 13.3 Å². The van der Waals surface area contributed by atoms with Gasteiger partial charge in [-0.05, 0) is 25.2 Å². The molecule has 1 fully saturated rings. The van der Waals surface area contributed by atoms with Gasteiger partial charge in [0.1, 0.15) is 0 Å². The molecule has 0 N–H and O–H groups in total. The molecule has 0 bridgehead atoms. The van der Waals surface area contributed by atoms with Crippen LogP contribution in [0.3, 0.4) is 0 Å². The molecule has 1 unspecified atom stereocenters. The third-order valence-electron chi connectivity index (χ3n) is 2.37. The van der Waals surface area contributed by atoms with E-state index in [0.29, 0.717) is 5.92 Å². The van der Waals surface area contributed by atoms with Crippen molar-refractivity contribution in [2.75, 3.05) is 0 Å². The van der Waals surface area contributed by atoms with Crippen molar-refractivity contribution in [1.82, 2.24) is 0 Å². The zero-order valence-electron chi connectivity index (χ0n) is 6.06. The van der Waals surface area contributed by atoms with Crippen molar-refractivity contribution in [2.24, 2.45) is 11.8 Å². The Morgan fingerprint density at radius 1 is 1.67 bits per heavy atom. The van der Waals surface area contributed by atoms with Crippen LogP contribution in [0.15, 0.2) is 0 Å². The first-order valence-electron chi connectivity index (χ1n) is 3.84. The monoisotopic (exact) mass is 122 g/mol. The SMILES string of the molecule is C#CC(CC)C1CCC1. The van der Waals surface area contributed by atoms with E-state index < -0.39 is 0 Å². The highest BCUT2D eigenvalue weighted by Gasteiger charge is 2.23. The van der Waals surface area contributed by atoms with Gasteiger partial charge in [-0.2, -0.15) is 0 Å². The zero-order valence-corrected chi connectivity index (χ0v) is 6.06. The molecule has 0 heteroatoms. The summed E-state index contributed by atoms with van der Waals surface area (Å²) in [6.07, 6.45) is 10.7. The molecule has 1 rings (SSSR count). The molecule has 0 spiro atoms. The van der Waals surface area contributed by atoms with E-state index in [1.807, 2.05) is 0 Å². The van der Waals surface area contributed by atoms with Gasteiger partial charge in [0, 0.05) is 5.92 Å². The average molecular weight is 122 g/mol. The lowest BCUT2D eigenvalue weighted by atomic mass is 9.75. The minimum Gasteiger partial charge on any atom is -0.120 e. The lowest BCUT2D eigenvalue weighted by molar-refractivity contribution is 0.244.